The summed E-state index contributed by atoms with van der Waals surface area (Å²) in [4.78, 5) is 12.3. The van der Waals surface area contributed by atoms with Gasteiger partial charge in [0.1, 0.15) is 0 Å². The second-order valence-corrected chi connectivity index (χ2v) is 11.0. The summed E-state index contributed by atoms with van der Waals surface area (Å²) in [7, 11) is 0.206. The molecule has 0 spiro atoms. The molecule has 0 aliphatic heterocycles. The summed E-state index contributed by atoms with van der Waals surface area (Å²) in [6.07, 6.45) is 0.530. The van der Waals surface area contributed by atoms with Gasteiger partial charge in [-0.15, -0.1) is 0 Å². The number of phenolic OH excluding ortho intramolecular Hbond substituents is 1. The molecule has 1 aromatic rings. The molecule has 0 unspecified atom stereocenters. The van der Waals surface area contributed by atoms with Crippen LogP contribution in [0.1, 0.15) is 37.6 Å². The molecule has 20 heavy (non-hydrogen) atoms. The van der Waals surface area contributed by atoms with Crippen LogP contribution in [-0.4, -0.2) is 26.1 Å². The number of phenols is 1. The largest absolute Gasteiger partial charge is 0.504 e. The Bertz CT molecular complexity index is 445. The van der Waals surface area contributed by atoms with Crippen LogP contribution in [0.3, 0.4) is 0 Å². The van der Waals surface area contributed by atoms with E-state index in [-0.39, 0.29) is 11.5 Å². The van der Waals surface area contributed by atoms with Crippen LogP contribution < -0.4 is 4.74 Å². The Balaban J connectivity index is 2.82. The Morgan fingerprint density at radius 2 is 1.80 bits per heavy atom. The minimum absolute atomic E-state index is 0.0219. The van der Waals surface area contributed by atoms with Crippen molar-refractivity contribution < 1.29 is 14.6 Å². The molecule has 0 saturated heterocycles. The van der Waals surface area contributed by atoms with E-state index in [1.807, 2.05) is 0 Å². The number of ether oxygens (including phenoxy) is 1. The lowest BCUT2D eigenvalue weighted by molar-refractivity contribution is 0.0984. The number of ketones is 1. The fraction of sp³-hybridized carbons (Fsp3) is 0.562. The minimum atomic E-state index is -1.29. The van der Waals surface area contributed by atoms with E-state index in [0.717, 1.165) is 6.04 Å². The average molecular weight is 294 g/mol. The summed E-state index contributed by atoms with van der Waals surface area (Å²) >= 11 is 0. The van der Waals surface area contributed by atoms with E-state index in [1.165, 1.54) is 25.2 Å². The molecule has 0 aliphatic rings. The maximum atomic E-state index is 12.3. The van der Waals surface area contributed by atoms with Gasteiger partial charge in [0.25, 0.3) is 0 Å². The lowest BCUT2D eigenvalue weighted by atomic mass is 10.1. The van der Waals surface area contributed by atoms with Crippen LogP contribution in [0.25, 0.3) is 0 Å². The van der Waals surface area contributed by atoms with Gasteiger partial charge in [0.05, 0.1) is 20.7 Å². The first-order valence-electron chi connectivity index (χ1n) is 7.42. The smallest absolute Gasteiger partial charge is 0.168 e. The number of hydrogen-bond donors (Lipinski definition) is 1. The van der Waals surface area contributed by atoms with Gasteiger partial charge in [-0.1, -0.05) is 45.0 Å². The van der Waals surface area contributed by atoms with Crippen LogP contribution in [-0.2, 0) is 0 Å². The summed E-state index contributed by atoms with van der Waals surface area (Å²) in [5.41, 5.74) is 0.385. The summed E-state index contributed by atoms with van der Waals surface area (Å²) in [5.74, 6) is 0.353. The first-order chi connectivity index (χ1) is 9.53. The molecule has 1 N–H and O–H groups in total. The zero-order valence-electron chi connectivity index (χ0n) is 13.0. The van der Waals surface area contributed by atoms with Crippen LogP contribution in [0.2, 0.25) is 24.2 Å². The van der Waals surface area contributed by atoms with Gasteiger partial charge in [-0.05, 0) is 18.2 Å². The van der Waals surface area contributed by atoms with Crippen molar-refractivity contribution in [2.75, 3.05) is 7.11 Å². The number of hydrogen-bond acceptors (Lipinski definition) is 3. The Labute approximate surface area is 123 Å². The molecule has 0 bridgehead atoms. The van der Waals surface area contributed by atoms with Gasteiger partial charge in [-0.3, -0.25) is 4.79 Å². The highest BCUT2D eigenvalue weighted by Gasteiger charge is 2.27. The van der Waals surface area contributed by atoms with Gasteiger partial charge >= 0.3 is 0 Å². The Morgan fingerprint density at radius 1 is 1.20 bits per heavy atom. The molecule has 0 aromatic heterocycles. The summed E-state index contributed by atoms with van der Waals surface area (Å²) in [6, 6.07) is 9.75. The molecular formula is C16H26O3Si. The lowest BCUT2D eigenvalue weighted by Crippen LogP contribution is -2.31. The standard InChI is InChI=1S/C16H26O3Si/c1-5-20(6-2,7-3)12-11-14(17)13-9-8-10-15(19-4)16(13)18/h8-10,18H,5-7,11-12H2,1-4H3. The molecule has 0 atom stereocenters. The van der Waals surface area contributed by atoms with E-state index in [1.54, 1.807) is 18.2 Å². The number of Topliss-reactive ketones (excluding diaryl/α,β-unsaturated/α-hetero) is 1. The van der Waals surface area contributed by atoms with Crippen LogP contribution >= 0.6 is 0 Å². The third kappa shape index (κ3) is 3.63. The van der Waals surface area contributed by atoms with E-state index in [2.05, 4.69) is 20.8 Å². The fourth-order valence-electron chi connectivity index (χ4n) is 2.71. The molecule has 3 nitrogen and oxygen atoms in total. The van der Waals surface area contributed by atoms with Crippen molar-refractivity contribution in [3.63, 3.8) is 0 Å². The molecule has 0 amide bonds. The molecule has 4 heteroatoms. The number of carbonyl (C=O) groups is 1. The molecule has 1 rings (SSSR count). The second-order valence-electron chi connectivity index (χ2n) is 5.34. The average Bonchev–Trinajstić information content (AvgIpc) is 2.49. The summed E-state index contributed by atoms with van der Waals surface area (Å²) in [6.45, 7) is 6.73. The van der Waals surface area contributed by atoms with Gasteiger partial charge < -0.3 is 9.84 Å². The van der Waals surface area contributed by atoms with Crippen LogP contribution in [0.4, 0.5) is 0 Å². The van der Waals surface area contributed by atoms with Crippen LogP contribution in [0.5, 0.6) is 11.5 Å². The van der Waals surface area contributed by atoms with Gasteiger partial charge in [0, 0.05) is 6.42 Å². The predicted octanol–water partition coefficient (Wildman–Crippen LogP) is 4.48. The quantitative estimate of drug-likeness (QED) is 0.568. The predicted molar refractivity (Wildman–Crippen MR) is 85.6 cm³/mol. The minimum Gasteiger partial charge on any atom is -0.504 e. The maximum Gasteiger partial charge on any atom is 0.168 e. The Morgan fingerprint density at radius 3 is 2.30 bits per heavy atom. The number of carbonyl (C=O) groups excluding carboxylic acids is 1. The number of para-hydroxylation sites is 1. The van der Waals surface area contributed by atoms with Crippen LogP contribution in [0.15, 0.2) is 18.2 Å². The molecule has 112 valence electrons. The second kappa shape index (κ2) is 7.48. The van der Waals surface area contributed by atoms with Crippen molar-refractivity contribution in [1.29, 1.82) is 0 Å². The van der Waals surface area contributed by atoms with Crippen molar-refractivity contribution in [1.82, 2.24) is 0 Å². The Hall–Kier alpha value is -1.29. The van der Waals surface area contributed by atoms with Crippen molar-refractivity contribution in [3.8, 4) is 11.5 Å². The van der Waals surface area contributed by atoms with E-state index < -0.39 is 8.07 Å². The first kappa shape index (κ1) is 16.8. The fourth-order valence-corrected chi connectivity index (χ4v) is 6.02. The molecule has 1 aromatic carbocycles. The van der Waals surface area contributed by atoms with Gasteiger partial charge in [0.2, 0.25) is 0 Å². The number of aromatic hydroxyl groups is 1. The molecule has 0 radical (unpaired) electrons. The van der Waals surface area contributed by atoms with Crippen molar-refractivity contribution in [3.05, 3.63) is 23.8 Å². The molecule has 0 saturated carbocycles. The van der Waals surface area contributed by atoms with Gasteiger partial charge in [-0.25, -0.2) is 0 Å². The highest BCUT2D eigenvalue weighted by atomic mass is 28.3. The lowest BCUT2D eigenvalue weighted by Gasteiger charge is -2.27. The highest BCUT2D eigenvalue weighted by Crippen LogP contribution is 2.32. The van der Waals surface area contributed by atoms with Gasteiger partial charge in [0.15, 0.2) is 17.3 Å². The third-order valence-corrected chi connectivity index (χ3v) is 10.5. The van der Waals surface area contributed by atoms with E-state index in [4.69, 9.17) is 4.74 Å². The van der Waals surface area contributed by atoms with Crippen LogP contribution in [0, 0.1) is 0 Å². The first-order valence-corrected chi connectivity index (χ1v) is 10.3. The maximum absolute atomic E-state index is 12.3. The van der Waals surface area contributed by atoms with E-state index in [9.17, 15) is 9.90 Å². The van der Waals surface area contributed by atoms with Crippen molar-refractivity contribution in [2.24, 2.45) is 0 Å². The zero-order valence-corrected chi connectivity index (χ0v) is 14.0. The monoisotopic (exact) mass is 294 g/mol. The highest BCUT2D eigenvalue weighted by molar-refractivity contribution is 6.79. The van der Waals surface area contributed by atoms with Gasteiger partial charge in [-0.2, -0.15) is 0 Å². The molecule has 0 heterocycles. The summed E-state index contributed by atoms with van der Waals surface area (Å²) < 4.78 is 5.05. The zero-order chi connectivity index (χ0) is 15.2. The summed E-state index contributed by atoms with van der Waals surface area (Å²) in [5, 5.41) is 10.0. The number of rotatable bonds is 8. The number of benzene rings is 1. The molecular weight excluding hydrogens is 268 g/mol. The van der Waals surface area contributed by atoms with E-state index >= 15 is 0 Å². The van der Waals surface area contributed by atoms with Crippen molar-refractivity contribution in [2.45, 2.75) is 51.4 Å². The SMILES string of the molecule is CC[Si](CC)(CC)CCC(=O)c1cccc(OC)c1O. The Kier molecular flexibility index (Phi) is 6.27. The normalized spacial score (nSPS) is 11.4. The molecule has 0 aliphatic carbocycles. The third-order valence-electron chi connectivity index (χ3n) is 4.65. The van der Waals surface area contributed by atoms with Crippen molar-refractivity contribution >= 4 is 13.9 Å². The number of methoxy groups -OCH3 is 1. The topological polar surface area (TPSA) is 46.5 Å². The molecule has 0 fully saturated rings. The van der Waals surface area contributed by atoms with E-state index in [0.29, 0.717) is 17.7 Å².